The van der Waals surface area contributed by atoms with Gasteiger partial charge in [0.1, 0.15) is 5.82 Å². The first-order valence-corrected chi connectivity index (χ1v) is 7.63. The lowest BCUT2D eigenvalue weighted by atomic mass is 9.73. The Morgan fingerprint density at radius 1 is 1.14 bits per heavy atom. The molecule has 21 heavy (non-hydrogen) atoms. The second kappa shape index (κ2) is 4.81. The highest BCUT2D eigenvalue weighted by Crippen LogP contribution is 2.50. The molecule has 1 aliphatic heterocycles. The lowest BCUT2D eigenvalue weighted by molar-refractivity contribution is 0.187. The van der Waals surface area contributed by atoms with Gasteiger partial charge >= 0.3 is 0 Å². The molecule has 4 heteroatoms. The fourth-order valence-electron chi connectivity index (χ4n) is 3.94. The molecule has 1 aromatic carbocycles. The summed E-state index contributed by atoms with van der Waals surface area (Å²) in [5.41, 5.74) is 9.63. The Morgan fingerprint density at radius 2 is 1.95 bits per heavy atom. The van der Waals surface area contributed by atoms with Crippen LogP contribution >= 0.6 is 0 Å². The van der Waals surface area contributed by atoms with Gasteiger partial charge in [-0.05, 0) is 35.8 Å². The molecule has 1 unspecified atom stereocenters. The normalized spacial score (nSPS) is 23.3. The van der Waals surface area contributed by atoms with Crippen molar-refractivity contribution in [2.45, 2.75) is 25.3 Å². The van der Waals surface area contributed by atoms with Gasteiger partial charge in [-0.2, -0.15) is 0 Å². The zero-order chi connectivity index (χ0) is 14.3. The molecule has 2 heterocycles. The second-order valence-corrected chi connectivity index (χ2v) is 6.27. The van der Waals surface area contributed by atoms with E-state index in [0.717, 1.165) is 38.2 Å². The van der Waals surface area contributed by atoms with Gasteiger partial charge in [-0.3, -0.25) is 4.98 Å². The molecule has 1 spiro atoms. The summed E-state index contributed by atoms with van der Waals surface area (Å²) in [5, 5.41) is 0. The largest absolute Gasteiger partial charge is 0.355 e. The van der Waals surface area contributed by atoms with Crippen molar-refractivity contribution in [1.82, 2.24) is 9.97 Å². The molecular formula is C17H20N4. The summed E-state index contributed by atoms with van der Waals surface area (Å²) in [4.78, 5) is 10.9. The average Bonchev–Trinajstić information content (AvgIpc) is 2.82. The molecule has 108 valence electrons. The van der Waals surface area contributed by atoms with E-state index < -0.39 is 0 Å². The topological polar surface area (TPSA) is 55.0 Å². The molecule has 1 aromatic heterocycles. The van der Waals surface area contributed by atoms with Crippen LogP contribution in [0, 0.1) is 5.41 Å². The van der Waals surface area contributed by atoms with E-state index >= 15 is 0 Å². The van der Waals surface area contributed by atoms with E-state index in [9.17, 15) is 0 Å². The summed E-state index contributed by atoms with van der Waals surface area (Å²) in [5.74, 6) is 0.983. The molecule has 0 amide bonds. The van der Waals surface area contributed by atoms with Crippen molar-refractivity contribution >= 4 is 5.82 Å². The number of fused-ring (bicyclic) bond motifs is 1. The van der Waals surface area contributed by atoms with Crippen molar-refractivity contribution in [2.24, 2.45) is 11.1 Å². The van der Waals surface area contributed by atoms with Crippen LogP contribution < -0.4 is 10.6 Å². The Kier molecular flexibility index (Phi) is 2.93. The predicted octanol–water partition coefficient (Wildman–Crippen LogP) is 2.32. The zero-order valence-electron chi connectivity index (χ0n) is 12.1. The Bertz CT molecular complexity index is 632. The van der Waals surface area contributed by atoms with Crippen molar-refractivity contribution in [2.75, 3.05) is 18.0 Å². The van der Waals surface area contributed by atoms with Gasteiger partial charge in [0.25, 0.3) is 0 Å². The molecule has 1 saturated heterocycles. The van der Waals surface area contributed by atoms with Crippen LogP contribution in [0.5, 0.6) is 0 Å². The van der Waals surface area contributed by atoms with Crippen molar-refractivity contribution in [1.29, 1.82) is 0 Å². The van der Waals surface area contributed by atoms with E-state index in [4.69, 9.17) is 5.73 Å². The lowest BCUT2D eigenvalue weighted by Crippen LogP contribution is -2.44. The third-order valence-electron chi connectivity index (χ3n) is 5.23. The quantitative estimate of drug-likeness (QED) is 0.871. The fraction of sp³-hybridized carbons (Fsp3) is 0.412. The highest BCUT2D eigenvalue weighted by atomic mass is 15.2. The van der Waals surface area contributed by atoms with Gasteiger partial charge < -0.3 is 10.6 Å². The number of aromatic nitrogens is 2. The van der Waals surface area contributed by atoms with Gasteiger partial charge in [0, 0.05) is 31.5 Å². The Labute approximate surface area is 125 Å². The van der Waals surface area contributed by atoms with Crippen LogP contribution in [-0.4, -0.2) is 23.1 Å². The molecule has 0 bridgehead atoms. The summed E-state index contributed by atoms with van der Waals surface area (Å²) in [7, 11) is 0. The van der Waals surface area contributed by atoms with Crippen LogP contribution in [0.4, 0.5) is 5.82 Å². The standard InChI is InChI=1S/C17H20N4/c18-16-14-4-2-1-3-13(14)11-17(16)5-9-21(10-6-17)15-12-19-7-8-20-15/h1-4,7-8,12,16H,5-6,9-11,18H2. The van der Waals surface area contributed by atoms with Gasteiger partial charge in [0.2, 0.25) is 0 Å². The molecule has 2 aliphatic rings. The molecule has 0 saturated carbocycles. The highest BCUT2D eigenvalue weighted by molar-refractivity contribution is 5.41. The molecule has 4 rings (SSSR count). The van der Waals surface area contributed by atoms with Gasteiger partial charge in [0.05, 0.1) is 6.20 Å². The first-order valence-electron chi connectivity index (χ1n) is 7.63. The highest BCUT2D eigenvalue weighted by Gasteiger charge is 2.45. The van der Waals surface area contributed by atoms with Crippen molar-refractivity contribution < 1.29 is 0 Å². The molecule has 0 radical (unpaired) electrons. The summed E-state index contributed by atoms with van der Waals surface area (Å²) in [6.07, 6.45) is 8.70. The van der Waals surface area contributed by atoms with Gasteiger partial charge in [-0.25, -0.2) is 4.98 Å². The number of nitrogens with zero attached hydrogens (tertiary/aromatic N) is 3. The van der Waals surface area contributed by atoms with E-state index in [0.29, 0.717) is 0 Å². The molecule has 4 nitrogen and oxygen atoms in total. The van der Waals surface area contributed by atoms with Crippen LogP contribution in [0.3, 0.4) is 0 Å². The third-order valence-corrected chi connectivity index (χ3v) is 5.23. The van der Waals surface area contributed by atoms with Crippen LogP contribution in [-0.2, 0) is 6.42 Å². The number of nitrogens with two attached hydrogens (primary N) is 1. The minimum absolute atomic E-state index is 0.178. The maximum Gasteiger partial charge on any atom is 0.147 e. The van der Waals surface area contributed by atoms with E-state index in [1.54, 1.807) is 12.4 Å². The van der Waals surface area contributed by atoms with Gasteiger partial charge in [-0.1, -0.05) is 24.3 Å². The maximum atomic E-state index is 6.59. The number of piperidine rings is 1. The predicted molar refractivity (Wildman–Crippen MR) is 83.0 cm³/mol. The lowest BCUT2D eigenvalue weighted by Gasteiger charge is -2.42. The minimum Gasteiger partial charge on any atom is -0.355 e. The second-order valence-electron chi connectivity index (χ2n) is 6.27. The maximum absolute atomic E-state index is 6.59. The summed E-state index contributed by atoms with van der Waals surface area (Å²) in [6, 6.07) is 8.84. The number of anilines is 1. The smallest absolute Gasteiger partial charge is 0.147 e. The minimum atomic E-state index is 0.178. The summed E-state index contributed by atoms with van der Waals surface area (Å²) >= 11 is 0. The first kappa shape index (κ1) is 12.8. The monoisotopic (exact) mass is 280 g/mol. The number of rotatable bonds is 1. The number of hydrogen-bond acceptors (Lipinski definition) is 4. The molecule has 1 fully saturated rings. The summed E-state index contributed by atoms with van der Waals surface area (Å²) in [6.45, 7) is 2.03. The number of benzene rings is 1. The fourth-order valence-corrected chi connectivity index (χ4v) is 3.94. The Balaban J connectivity index is 1.54. The Hall–Kier alpha value is -1.94. The van der Waals surface area contributed by atoms with E-state index in [-0.39, 0.29) is 11.5 Å². The van der Waals surface area contributed by atoms with E-state index in [2.05, 4.69) is 39.1 Å². The average molecular weight is 280 g/mol. The van der Waals surface area contributed by atoms with E-state index in [1.807, 2.05) is 6.20 Å². The van der Waals surface area contributed by atoms with Gasteiger partial charge in [-0.15, -0.1) is 0 Å². The molecule has 1 atom stereocenters. The van der Waals surface area contributed by atoms with Crippen LogP contribution in [0.2, 0.25) is 0 Å². The zero-order valence-corrected chi connectivity index (χ0v) is 12.1. The van der Waals surface area contributed by atoms with Gasteiger partial charge in [0.15, 0.2) is 0 Å². The van der Waals surface area contributed by atoms with Crippen LogP contribution in [0.25, 0.3) is 0 Å². The Morgan fingerprint density at radius 3 is 2.67 bits per heavy atom. The first-order chi connectivity index (χ1) is 10.3. The van der Waals surface area contributed by atoms with Crippen LogP contribution in [0.1, 0.15) is 30.0 Å². The summed E-state index contributed by atoms with van der Waals surface area (Å²) < 4.78 is 0. The van der Waals surface area contributed by atoms with Crippen molar-refractivity contribution in [3.8, 4) is 0 Å². The SMILES string of the molecule is NC1c2ccccc2CC12CCN(c1cnccn1)CC2. The molecule has 2 aromatic rings. The molecule has 2 N–H and O–H groups in total. The molecular weight excluding hydrogens is 260 g/mol. The number of hydrogen-bond donors (Lipinski definition) is 1. The van der Waals surface area contributed by atoms with Crippen LogP contribution in [0.15, 0.2) is 42.9 Å². The van der Waals surface area contributed by atoms with E-state index in [1.165, 1.54) is 11.1 Å². The molecule has 1 aliphatic carbocycles. The third kappa shape index (κ3) is 2.02. The van der Waals surface area contributed by atoms with Crippen molar-refractivity contribution in [3.63, 3.8) is 0 Å². The van der Waals surface area contributed by atoms with Crippen molar-refractivity contribution in [3.05, 3.63) is 54.0 Å².